The van der Waals surface area contributed by atoms with Crippen molar-refractivity contribution in [3.63, 3.8) is 0 Å². The molecule has 0 bridgehead atoms. The molecule has 8 heteroatoms. The minimum Gasteiger partial charge on any atom is -0.380 e. The van der Waals surface area contributed by atoms with Gasteiger partial charge in [-0.1, -0.05) is 41.9 Å². The minimum atomic E-state index is -0.844. The number of carbonyl (C=O) groups excluding carboxylic acids is 1. The maximum absolute atomic E-state index is 14.0. The lowest BCUT2D eigenvalue weighted by Gasteiger charge is -2.06. The SMILES string of the molecule is Cc1ccc([N+](=O)[O-])c(C(=O)c2ccccc2)c1F.NC(=S)Cl. The van der Waals surface area contributed by atoms with Crippen molar-refractivity contribution in [2.75, 3.05) is 0 Å². The molecule has 0 atom stereocenters. The summed E-state index contributed by atoms with van der Waals surface area (Å²) in [5.41, 5.74) is 4.02. The van der Waals surface area contributed by atoms with Crippen LogP contribution in [0.5, 0.6) is 0 Å². The van der Waals surface area contributed by atoms with E-state index in [1.54, 1.807) is 18.2 Å². The smallest absolute Gasteiger partial charge is 0.283 e. The summed E-state index contributed by atoms with van der Waals surface area (Å²) < 4.78 is 14.0. The summed E-state index contributed by atoms with van der Waals surface area (Å²) in [4.78, 5) is 22.4. The van der Waals surface area contributed by atoms with Crippen LogP contribution in [0.2, 0.25) is 0 Å². The number of carbonyl (C=O) groups is 1. The first-order valence-corrected chi connectivity index (χ1v) is 7.02. The van der Waals surface area contributed by atoms with Crippen LogP contribution < -0.4 is 5.73 Å². The molecule has 0 heterocycles. The number of rotatable bonds is 3. The summed E-state index contributed by atoms with van der Waals surface area (Å²) in [5, 5.41) is 10.9. The lowest BCUT2D eigenvalue weighted by atomic mass is 9.99. The first-order chi connectivity index (χ1) is 10.8. The molecule has 2 N–H and O–H groups in total. The fourth-order valence-electron chi connectivity index (χ4n) is 1.77. The van der Waals surface area contributed by atoms with E-state index >= 15 is 0 Å². The maximum atomic E-state index is 14.0. The van der Waals surface area contributed by atoms with Gasteiger partial charge in [0.1, 0.15) is 11.4 Å². The number of hydrogen-bond acceptors (Lipinski definition) is 4. The summed E-state index contributed by atoms with van der Waals surface area (Å²) in [6.45, 7) is 1.46. The molecule has 2 rings (SSSR count). The predicted octanol–water partition coefficient (Wildman–Crippen LogP) is 3.74. The Hall–Kier alpha value is -2.38. The van der Waals surface area contributed by atoms with Crippen LogP contribution in [0.15, 0.2) is 42.5 Å². The summed E-state index contributed by atoms with van der Waals surface area (Å²) in [6.07, 6.45) is 0. The number of nitrogens with two attached hydrogens (primary N) is 1. The molecular formula is C15H12ClFN2O3S. The molecule has 5 nitrogen and oxygen atoms in total. The molecule has 0 aliphatic carbocycles. The van der Waals surface area contributed by atoms with E-state index in [1.165, 1.54) is 25.1 Å². The molecule has 0 saturated heterocycles. The number of nitrogens with zero attached hydrogens (tertiary/aromatic N) is 1. The zero-order chi connectivity index (χ0) is 17.6. The van der Waals surface area contributed by atoms with Crippen LogP contribution in [0.3, 0.4) is 0 Å². The van der Waals surface area contributed by atoms with Gasteiger partial charge in [0, 0.05) is 11.6 Å². The predicted molar refractivity (Wildman–Crippen MR) is 90.3 cm³/mol. The second kappa shape index (κ2) is 8.30. The van der Waals surface area contributed by atoms with Gasteiger partial charge in [0.15, 0.2) is 4.45 Å². The van der Waals surface area contributed by atoms with Gasteiger partial charge in [0.25, 0.3) is 5.69 Å². The highest BCUT2D eigenvalue weighted by molar-refractivity contribution is 7.83. The van der Waals surface area contributed by atoms with E-state index in [-0.39, 0.29) is 15.6 Å². The monoisotopic (exact) mass is 354 g/mol. The van der Waals surface area contributed by atoms with Gasteiger partial charge >= 0.3 is 0 Å². The van der Waals surface area contributed by atoms with Gasteiger partial charge in [-0.05, 0) is 30.8 Å². The fourth-order valence-corrected chi connectivity index (χ4v) is 1.77. The van der Waals surface area contributed by atoms with E-state index in [0.29, 0.717) is 0 Å². The first kappa shape index (κ1) is 18.7. The van der Waals surface area contributed by atoms with Gasteiger partial charge in [-0.2, -0.15) is 0 Å². The van der Waals surface area contributed by atoms with Crippen molar-refractivity contribution < 1.29 is 14.1 Å². The third-order valence-corrected chi connectivity index (χ3v) is 2.77. The molecule has 2 aromatic rings. The van der Waals surface area contributed by atoms with Crippen molar-refractivity contribution in [1.82, 2.24) is 0 Å². The maximum Gasteiger partial charge on any atom is 0.283 e. The Labute approximate surface area is 142 Å². The Morgan fingerprint density at radius 3 is 2.26 bits per heavy atom. The number of halogens is 2. The average Bonchev–Trinajstić information content (AvgIpc) is 2.49. The molecule has 2 aromatic carbocycles. The van der Waals surface area contributed by atoms with Gasteiger partial charge in [-0.3, -0.25) is 14.9 Å². The van der Waals surface area contributed by atoms with Crippen molar-refractivity contribution in [2.24, 2.45) is 5.73 Å². The lowest BCUT2D eigenvalue weighted by Crippen LogP contribution is -2.09. The van der Waals surface area contributed by atoms with Crippen molar-refractivity contribution in [2.45, 2.75) is 6.92 Å². The van der Waals surface area contributed by atoms with Crippen LogP contribution in [0.4, 0.5) is 10.1 Å². The van der Waals surface area contributed by atoms with Crippen molar-refractivity contribution in [1.29, 1.82) is 0 Å². The number of hydrogen-bond donors (Lipinski definition) is 1. The number of aryl methyl sites for hydroxylation is 1. The van der Waals surface area contributed by atoms with Crippen LogP contribution >= 0.6 is 23.8 Å². The molecule has 0 aromatic heterocycles. The van der Waals surface area contributed by atoms with Crippen LogP contribution in [-0.2, 0) is 0 Å². The van der Waals surface area contributed by atoms with Crippen molar-refractivity contribution >= 4 is 39.7 Å². The second-order valence-electron chi connectivity index (χ2n) is 4.35. The highest BCUT2D eigenvalue weighted by atomic mass is 35.5. The molecule has 23 heavy (non-hydrogen) atoms. The Morgan fingerprint density at radius 1 is 1.26 bits per heavy atom. The Morgan fingerprint density at radius 2 is 1.78 bits per heavy atom. The quantitative estimate of drug-likeness (QED) is 0.226. The third kappa shape index (κ3) is 5.08. The summed E-state index contributed by atoms with van der Waals surface area (Å²) in [7, 11) is 0. The van der Waals surface area contributed by atoms with E-state index in [9.17, 15) is 19.3 Å². The standard InChI is InChI=1S/C14H10FNO3.CH2ClNS/c1-9-7-8-11(16(18)19)12(13(9)15)14(17)10-5-3-2-4-6-10;2-1(3)4/h2-8H,1H3;(H2,3,4). The van der Waals surface area contributed by atoms with Gasteiger partial charge in [0.05, 0.1) is 4.92 Å². The zero-order valence-electron chi connectivity index (χ0n) is 12.0. The van der Waals surface area contributed by atoms with Gasteiger partial charge < -0.3 is 5.73 Å². The van der Waals surface area contributed by atoms with E-state index in [4.69, 9.17) is 11.6 Å². The molecule has 0 amide bonds. The number of benzene rings is 2. The van der Waals surface area contributed by atoms with Gasteiger partial charge in [0.2, 0.25) is 5.78 Å². The number of nitro benzene ring substituents is 1. The Kier molecular flexibility index (Phi) is 6.74. The van der Waals surface area contributed by atoms with E-state index < -0.39 is 27.8 Å². The molecule has 0 radical (unpaired) electrons. The van der Waals surface area contributed by atoms with E-state index in [1.807, 2.05) is 0 Å². The van der Waals surface area contributed by atoms with Crippen molar-refractivity contribution in [3.05, 3.63) is 75.1 Å². The van der Waals surface area contributed by atoms with Crippen LogP contribution in [0.25, 0.3) is 0 Å². The van der Waals surface area contributed by atoms with Crippen molar-refractivity contribution in [3.8, 4) is 0 Å². The van der Waals surface area contributed by atoms with Crippen LogP contribution in [0.1, 0.15) is 21.5 Å². The zero-order valence-corrected chi connectivity index (χ0v) is 13.5. The summed E-state index contributed by atoms with van der Waals surface area (Å²) in [5.74, 6) is -1.53. The first-order valence-electron chi connectivity index (χ1n) is 6.24. The van der Waals surface area contributed by atoms with Gasteiger partial charge in [-0.25, -0.2) is 4.39 Å². The molecule has 120 valence electrons. The lowest BCUT2D eigenvalue weighted by molar-refractivity contribution is -0.385. The van der Waals surface area contributed by atoms with E-state index in [2.05, 4.69) is 18.0 Å². The third-order valence-electron chi connectivity index (χ3n) is 2.77. The normalized spacial score (nSPS) is 9.52. The summed E-state index contributed by atoms with van der Waals surface area (Å²) in [6, 6.07) is 10.4. The molecule has 0 unspecified atom stereocenters. The number of nitro groups is 1. The topological polar surface area (TPSA) is 86.2 Å². The molecule has 0 aliphatic heterocycles. The molecule has 0 aliphatic rings. The molecule has 0 fully saturated rings. The number of ketones is 1. The molecule has 0 spiro atoms. The van der Waals surface area contributed by atoms with Crippen LogP contribution in [0, 0.1) is 22.9 Å². The molecule has 0 saturated carbocycles. The highest BCUT2D eigenvalue weighted by Gasteiger charge is 2.26. The average molecular weight is 355 g/mol. The van der Waals surface area contributed by atoms with Crippen LogP contribution in [-0.4, -0.2) is 15.2 Å². The second-order valence-corrected chi connectivity index (χ2v) is 5.42. The van der Waals surface area contributed by atoms with Gasteiger partial charge in [-0.15, -0.1) is 0 Å². The fraction of sp³-hybridized carbons (Fsp3) is 0.0667. The Bertz CT molecular complexity index is 750. The van der Waals surface area contributed by atoms with E-state index in [0.717, 1.165) is 6.07 Å². The highest BCUT2D eigenvalue weighted by Crippen LogP contribution is 2.26. The Balaban J connectivity index is 0.000000593. The minimum absolute atomic E-state index is 0.0278. The largest absolute Gasteiger partial charge is 0.380 e. The number of thiocarbonyl (C=S) groups is 1. The summed E-state index contributed by atoms with van der Waals surface area (Å²) >= 11 is 8.86. The molecular weight excluding hydrogens is 343 g/mol.